The number of carbonyl (C=O) groups is 1. The van der Waals surface area contributed by atoms with Crippen LogP contribution in [0.25, 0.3) is 0 Å². The van der Waals surface area contributed by atoms with Gasteiger partial charge in [-0.15, -0.1) is 0 Å². The first-order valence-corrected chi connectivity index (χ1v) is 3.68. The van der Waals surface area contributed by atoms with E-state index in [9.17, 15) is 4.79 Å². The van der Waals surface area contributed by atoms with Gasteiger partial charge in [-0.05, 0) is 0 Å². The summed E-state index contributed by atoms with van der Waals surface area (Å²) in [4.78, 5) is 18.1. The van der Waals surface area contributed by atoms with Crippen LogP contribution in [0.2, 0.25) is 0 Å². The van der Waals surface area contributed by atoms with Gasteiger partial charge in [0.05, 0.1) is 0 Å². The van der Waals surface area contributed by atoms with Gasteiger partial charge in [-0.1, -0.05) is 0 Å². The van der Waals surface area contributed by atoms with E-state index in [0.29, 0.717) is 11.6 Å². The zero-order valence-corrected chi connectivity index (χ0v) is 7.11. The van der Waals surface area contributed by atoms with Gasteiger partial charge in [0.2, 0.25) is 0 Å². The van der Waals surface area contributed by atoms with Crippen LogP contribution >= 0.6 is 0 Å². The van der Waals surface area contributed by atoms with Crippen molar-refractivity contribution in [3.8, 4) is 0 Å². The summed E-state index contributed by atoms with van der Waals surface area (Å²) in [5.41, 5.74) is 0. The van der Waals surface area contributed by atoms with E-state index in [4.69, 9.17) is 5.11 Å². The Morgan fingerprint density at radius 3 is 2.62 bits per heavy atom. The summed E-state index contributed by atoms with van der Waals surface area (Å²) in [5, 5.41) is 13.8. The maximum atomic E-state index is 10.2. The number of carboxylic acids is 1. The van der Waals surface area contributed by atoms with Gasteiger partial charge < -0.3 is 15.7 Å². The van der Waals surface area contributed by atoms with Gasteiger partial charge in [-0.2, -0.15) is 0 Å². The standard InChI is InChI=1S/C7H10N4O2/c1-8-6-7(10-3-2-9-6)11-4-5(12)13/h2-3H,4H2,1H3,(H,8,9)(H,10,11)(H,12,13). The normalized spacial score (nSPS) is 9.31. The third-order valence-electron chi connectivity index (χ3n) is 1.34. The van der Waals surface area contributed by atoms with Crippen molar-refractivity contribution >= 4 is 17.6 Å². The first kappa shape index (κ1) is 9.24. The smallest absolute Gasteiger partial charge is 0.322 e. The number of rotatable bonds is 4. The second-order valence-electron chi connectivity index (χ2n) is 2.25. The van der Waals surface area contributed by atoms with Gasteiger partial charge >= 0.3 is 5.97 Å². The third kappa shape index (κ3) is 2.58. The highest BCUT2D eigenvalue weighted by Gasteiger charge is 2.03. The SMILES string of the molecule is CNc1nccnc1NCC(=O)O. The monoisotopic (exact) mass is 182 g/mol. The number of anilines is 2. The summed E-state index contributed by atoms with van der Waals surface area (Å²) in [7, 11) is 1.69. The first-order valence-electron chi connectivity index (χ1n) is 3.68. The number of nitrogens with zero attached hydrogens (tertiary/aromatic N) is 2. The van der Waals surface area contributed by atoms with Crippen LogP contribution in [-0.2, 0) is 4.79 Å². The lowest BCUT2D eigenvalue weighted by Crippen LogP contribution is -2.14. The third-order valence-corrected chi connectivity index (χ3v) is 1.34. The van der Waals surface area contributed by atoms with Gasteiger partial charge in [0.1, 0.15) is 6.54 Å². The molecule has 1 aromatic heterocycles. The molecule has 1 rings (SSSR count). The highest BCUT2D eigenvalue weighted by atomic mass is 16.4. The molecule has 0 radical (unpaired) electrons. The van der Waals surface area contributed by atoms with E-state index in [1.165, 1.54) is 12.4 Å². The average Bonchev–Trinajstić information content (AvgIpc) is 2.15. The zero-order chi connectivity index (χ0) is 9.68. The van der Waals surface area contributed by atoms with Crippen LogP contribution in [-0.4, -0.2) is 34.6 Å². The molecule has 0 fully saturated rings. The fraction of sp³-hybridized carbons (Fsp3) is 0.286. The summed E-state index contributed by atoms with van der Waals surface area (Å²) in [5.74, 6) is 0.0313. The van der Waals surface area contributed by atoms with Gasteiger partial charge in [-0.25, -0.2) is 9.97 Å². The van der Waals surface area contributed by atoms with Crippen LogP contribution in [0.5, 0.6) is 0 Å². The number of aliphatic carboxylic acids is 1. The van der Waals surface area contributed by atoms with Crippen molar-refractivity contribution in [3.05, 3.63) is 12.4 Å². The number of carboxylic acid groups (broad SMARTS) is 1. The maximum absolute atomic E-state index is 10.2. The lowest BCUT2D eigenvalue weighted by molar-refractivity contribution is -0.134. The molecule has 6 nitrogen and oxygen atoms in total. The maximum Gasteiger partial charge on any atom is 0.322 e. The Kier molecular flexibility index (Phi) is 3.02. The highest BCUT2D eigenvalue weighted by molar-refractivity contribution is 5.74. The summed E-state index contributed by atoms with van der Waals surface area (Å²) >= 11 is 0. The number of aromatic nitrogens is 2. The molecule has 0 aliphatic heterocycles. The molecular weight excluding hydrogens is 172 g/mol. The Morgan fingerprint density at radius 1 is 1.46 bits per heavy atom. The Hall–Kier alpha value is -1.85. The predicted octanol–water partition coefficient (Wildman–Crippen LogP) is 0.0148. The molecular formula is C7H10N4O2. The molecule has 1 aromatic rings. The highest BCUT2D eigenvalue weighted by Crippen LogP contribution is 2.12. The van der Waals surface area contributed by atoms with E-state index < -0.39 is 5.97 Å². The molecule has 0 aliphatic rings. The van der Waals surface area contributed by atoms with Crippen LogP contribution < -0.4 is 10.6 Å². The molecule has 0 saturated heterocycles. The van der Waals surface area contributed by atoms with Crippen molar-refractivity contribution in [3.63, 3.8) is 0 Å². The molecule has 13 heavy (non-hydrogen) atoms. The Bertz CT molecular complexity index is 302. The van der Waals surface area contributed by atoms with E-state index in [-0.39, 0.29) is 6.54 Å². The second-order valence-corrected chi connectivity index (χ2v) is 2.25. The Labute approximate surface area is 75.0 Å². The number of hydrogen-bond acceptors (Lipinski definition) is 5. The van der Waals surface area contributed by atoms with Crippen molar-refractivity contribution in [2.45, 2.75) is 0 Å². The lowest BCUT2D eigenvalue weighted by atomic mass is 10.5. The molecule has 6 heteroatoms. The molecule has 0 aliphatic carbocycles. The average molecular weight is 182 g/mol. The number of hydrogen-bond donors (Lipinski definition) is 3. The van der Waals surface area contributed by atoms with E-state index in [1.54, 1.807) is 7.05 Å². The summed E-state index contributed by atoms with van der Waals surface area (Å²) in [6, 6.07) is 0. The van der Waals surface area contributed by atoms with Gasteiger partial charge in [0.15, 0.2) is 11.6 Å². The van der Waals surface area contributed by atoms with Crippen LogP contribution in [0.3, 0.4) is 0 Å². The van der Waals surface area contributed by atoms with Gasteiger partial charge in [0.25, 0.3) is 0 Å². The Balaban J connectivity index is 2.69. The Morgan fingerprint density at radius 2 is 2.08 bits per heavy atom. The van der Waals surface area contributed by atoms with Crippen LogP contribution in [0.1, 0.15) is 0 Å². The molecule has 0 unspecified atom stereocenters. The summed E-state index contributed by atoms with van der Waals surface area (Å²) in [6.07, 6.45) is 3.02. The minimum Gasteiger partial charge on any atom is -0.480 e. The molecule has 0 atom stereocenters. The van der Waals surface area contributed by atoms with Crippen LogP contribution in [0.4, 0.5) is 11.6 Å². The molecule has 0 bridgehead atoms. The molecule has 3 N–H and O–H groups in total. The molecule has 0 saturated carbocycles. The van der Waals surface area contributed by atoms with E-state index in [1.807, 2.05) is 0 Å². The minimum atomic E-state index is -0.937. The van der Waals surface area contributed by atoms with Crippen molar-refractivity contribution in [1.29, 1.82) is 0 Å². The fourth-order valence-corrected chi connectivity index (χ4v) is 0.810. The fourth-order valence-electron chi connectivity index (χ4n) is 0.810. The molecule has 0 amide bonds. The zero-order valence-electron chi connectivity index (χ0n) is 7.11. The first-order chi connectivity index (χ1) is 6.24. The van der Waals surface area contributed by atoms with Crippen molar-refractivity contribution in [1.82, 2.24) is 9.97 Å². The van der Waals surface area contributed by atoms with Crippen LogP contribution in [0, 0.1) is 0 Å². The molecule has 0 spiro atoms. The van der Waals surface area contributed by atoms with Gasteiger partial charge in [0, 0.05) is 19.4 Å². The quantitative estimate of drug-likeness (QED) is 0.608. The van der Waals surface area contributed by atoms with E-state index >= 15 is 0 Å². The summed E-state index contributed by atoms with van der Waals surface area (Å²) < 4.78 is 0. The van der Waals surface area contributed by atoms with Crippen molar-refractivity contribution in [2.24, 2.45) is 0 Å². The van der Waals surface area contributed by atoms with E-state index in [0.717, 1.165) is 0 Å². The molecule has 0 aromatic carbocycles. The van der Waals surface area contributed by atoms with E-state index in [2.05, 4.69) is 20.6 Å². The minimum absolute atomic E-state index is 0.173. The van der Waals surface area contributed by atoms with Gasteiger partial charge in [-0.3, -0.25) is 4.79 Å². The molecule has 1 heterocycles. The topological polar surface area (TPSA) is 87.1 Å². The summed E-state index contributed by atoms with van der Waals surface area (Å²) in [6.45, 7) is -0.173. The predicted molar refractivity (Wildman–Crippen MR) is 47.7 cm³/mol. The van der Waals surface area contributed by atoms with Crippen molar-refractivity contribution < 1.29 is 9.90 Å². The second kappa shape index (κ2) is 4.24. The van der Waals surface area contributed by atoms with Crippen LogP contribution in [0.15, 0.2) is 12.4 Å². The molecule has 70 valence electrons. The lowest BCUT2D eigenvalue weighted by Gasteiger charge is -2.06. The van der Waals surface area contributed by atoms with Crippen molar-refractivity contribution in [2.75, 3.05) is 24.2 Å². The number of nitrogens with one attached hydrogen (secondary N) is 2. The largest absolute Gasteiger partial charge is 0.480 e.